The minimum absolute atomic E-state index is 0.0329. The summed E-state index contributed by atoms with van der Waals surface area (Å²) in [4.78, 5) is 1.35. The van der Waals surface area contributed by atoms with Gasteiger partial charge in [-0.05, 0) is 24.3 Å². The molecule has 1 aromatic rings. The van der Waals surface area contributed by atoms with Gasteiger partial charge in [0.2, 0.25) is 10.0 Å². The molecule has 3 N–H and O–H groups in total. The zero-order chi connectivity index (χ0) is 15.9. The molecule has 0 bridgehead atoms. The molecule has 0 unspecified atom stereocenters. The molecule has 0 amide bonds. The van der Waals surface area contributed by atoms with E-state index in [1.54, 1.807) is 0 Å². The van der Waals surface area contributed by atoms with Crippen LogP contribution in [0.3, 0.4) is 0 Å². The number of ether oxygens (including phenoxy) is 1. The number of rotatable bonds is 9. The number of nitrogens with zero attached hydrogens (tertiary/aromatic N) is 1. The van der Waals surface area contributed by atoms with Gasteiger partial charge in [0.05, 0.1) is 18.0 Å². The third-order valence-corrected chi connectivity index (χ3v) is 3.57. The molecule has 0 saturated carbocycles. The Bertz CT molecular complexity index is 523. The number of primary sulfonamides is 1. The second-order valence-electron chi connectivity index (χ2n) is 4.28. The molecule has 6 nitrogen and oxygen atoms in total. The fourth-order valence-electron chi connectivity index (χ4n) is 1.65. The summed E-state index contributed by atoms with van der Waals surface area (Å²) in [7, 11) is -3.75. The Morgan fingerprint density at radius 3 is 2.33 bits per heavy atom. The molecule has 0 atom stereocenters. The number of alkyl halides is 2. The van der Waals surface area contributed by atoms with Gasteiger partial charge in [-0.25, -0.2) is 22.3 Å². The summed E-state index contributed by atoms with van der Waals surface area (Å²) in [6, 6.07) is 5.47. The van der Waals surface area contributed by atoms with Crippen molar-refractivity contribution in [3.05, 3.63) is 24.3 Å². The van der Waals surface area contributed by atoms with Gasteiger partial charge in [0.1, 0.15) is 12.4 Å². The van der Waals surface area contributed by atoms with Gasteiger partial charge in [-0.15, -0.1) is 0 Å². The van der Waals surface area contributed by atoms with Crippen molar-refractivity contribution in [2.24, 2.45) is 5.14 Å². The van der Waals surface area contributed by atoms with E-state index in [0.29, 0.717) is 5.75 Å². The SMILES string of the molecule is NS(=O)(=O)c1ccc(OCCN(CCO)CC(F)F)cc1. The lowest BCUT2D eigenvalue weighted by atomic mass is 10.3. The van der Waals surface area contributed by atoms with E-state index in [2.05, 4.69) is 0 Å². The summed E-state index contributed by atoms with van der Waals surface area (Å²) in [6.45, 7) is -0.147. The van der Waals surface area contributed by atoms with Crippen LogP contribution in [0, 0.1) is 0 Å². The van der Waals surface area contributed by atoms with Crippen LogP contribution in [-0.4, -0.2) is 57.7 Å². The molecule has 0 radical (unpaired) electrons. The van der Waals surface area contributed by atoms with Gasteiger partial charge in [-0.3, -0.25) is 4.90 Å². The first-order chi connectivity index (χ1) is 9.82. The Morgan fingerprint density at radius 2 is 1.86 bits per heavy atom. The number of halogens is 2. The highest BCUT2D eigenvalue weighted by Crippen LogP contribution is 2.14. The lowest BCUT2D eigenvalue weighted by Gasteiger charge is -2.20. The Kier molecular flexibility index (Phi) is 6.96. The zero-order valence-corrected chi connectivity index (χ0v) is 12.1. The first kappa shape index (κ1) is 17.8. The average Bonchev–Trinajstić information content (AvgIpc) is 2.38. The summed E-state index contributed by atoms with van der Waals surface area (Å²) in [5.41, 5.74) is 0. The summed E-state index contributed by atoms with van der Waals surface area (Å²) in [6.07, 6.45) is -2.48. The van der Waals surface area contributed by atoms with Crippen molar-refractivity contribution in [2.45, 2.75) is 11.3 Å². The summed E-state index contributed by atoms with van der Waals surface area (Å²) in [5.74, 6) is 0.406. The number of nitrogens with two attached hydrogens (primary N) is 1. The Hall–Kier alpha value is -1.29. The van der Waals surface area contributed by atoms with Crippen molar-refractivity contribution in [1.29, 1.82) is 0 Å². The number of aliphatic hydroxyl groups is 1. The molecule has 21 heavy (non-hydrogen) atoms. The van der Waals surface area contributed by atoms with Crippen molar-refractivity contribution in [2.75, 3.05) is 32.8 Å². The van der Waals surface area contributed by atoms with Crippen LogP contribution in [0.1, 0.15) is 0 Å². The summed E-state index contributed by atoms with van der Waals surface area (Å²) in [5, 5.41) is 13.7. The van der Waals surface area contributed by atoms with E-state index in [1.807, 2.05) is 0 Å². The maximum absolute atomic E-state index is 12.3. The van der Waals surface area contributed by atoms with Gasteiger partial charge in [0.25, 0.3) is 6.43 Å². The lowest BCUT2D eigenvalue weighted by Crippen LogP contribution is -2.35. The Morgan fingerprint density at radius 1 is 1.24 bits per heavy atom. The van der Waals surface area contributed by atoms with Crippen molar-refractivity contribution in [1.82, 2.24) is 4.90 Å². The quantitative estimate of drug-likeness (QED) is 0.680. The Balaban J connectivity index is 2.47. The van der Waals surface area contributed by atoms with Crippen LogP contribution in [0.15, 0.2) is 29.2 Å². The molecule has 0 fully saturated rings. The lowest BCUT2D eigenvalue weighted by molar-refractivity contribution is 0.0709. The molecule has 9 heteroatoms. The van der Waals surface area contributed by atoms with Crippen molar-refractivity contribution in [3.63, 3.8) is 0 Å². The topological polar surface area (TPSA) is 92.9 Å². The predicted molar refractivity (Wildman–Crippen MR) is 72.8 cm³/mol. The van der Waals surface area contributed by atoms with E-state index >= 15 is 0 Å². The van der Waals surface area contributed by atoms with E-state index in [0.717, 1.165) is 0 Å². The maximum Gasteiger partial charge on any atom is 0.251 e. The molecule has 0 heterocycles. The van der Waals surface area contributed by atoms with Crippen LogP contribution in [0.25, 0.3) is 0 Å². The van der Waals surface area contributed by atoms with Crippen LogP contribution in [-0.2, 0) is 10.0 Å². The number of hydrogen-bond acceptors (Lipinski definition) is 5. The molecule has 0 aliphatic rings. The van der Waals surface area contributed by atoms with E-state index in [1.165, 1.54) is 29.2 Å². The van der Waals surface area contributed by atoms with Crippen LogP contribution in [0.5, 0.6) is 5.75 Å². The molecule has 0 saturated heterocycles. The second-order valence-corrected chi connectivity index (χ2v) is 5.84. The smallest absolute Gasteiger partial charge is 0.251 e. The normalized spacial score (nSPS) is 12.1. The minimum Gasteiger partial charge on any atom is -0.492 e. The third-order valence-electron chi connectivity index (χ3n) is 2.64. The first-order valence-electron chi connectivity index (χ1n) is 6.20. The highest BCUT2D eigenvalue weighted by Gasteiger charge is 2.12. The largest absolute Gasteiger partial charge is 0.492 e. The molecular weight excluding hydrogens is 306 g/mol. The van der Waals surface area contributed by atoms with Gasteiger partial charge in [-0.1, -0.05) is 0 Å². The highest BCUT2D eigenvalue weighted by atomic mass is 32.2. The fraction of sp³-hybridized carbons (Fsp3) is 0.500. The molecule has 120 valence electrons. The maximum atomic E-state index is 12.3. The van der Waals surface area contributed by atoms with Gasteiger partial charge in [-0.2, -0.15) is 0 Å². The molecule has 0 aliphatic carbocycles. The van der Waals surface area contributed by atoms with Gasteiger partial charge in [0, 0.05) is 13.1 Å². The molecular formula is C12H18F2N2O4S. The third kappa shape index (κ3) is 6.80. The predicted octanol–water partition coefficient (Wildman–Crippen LogP) is 0.272. The standard InChI is InChI=1S/C12H18F2N2O4S/c13-12(14)9-16(5-7-17)6-8-20-10-1-3-11(4-2-10)21(15,18)19/h1-4,12,17H,5-9H2,(H2,15,18,19). The number of benzene rings is 1. The summed E-state index contributed by atoms with van der Waals surface area (Å²) >= 11 is 0. The highest BCUT2D eigenvalue weighted by molar-refractivity contribution is 7.89. The number of hydrogen-bond donors (Lipinski definition) is 2. The van der Waals surface area contributed by atoms with Crippen molar-refractivity contribution < 1.29 is 27.0 Å². The molecule has 1 rings (SSSR count). The summed E-state index contributed by atoms with van der Waals surface area (Å²) < 4.78 is 52.0. The van der Waals surface area contributed by atoms with Gasteiger partial charge >= 0.3 is 0 Å². The van der Waals surface area contributed by atoms with Crippen LogP contribution >= 0.6 is 0 Å². The number of sulfonamides is 1. The minimum atomic E-state index is -3.75. The second kappa shape index (κ2) is 8.23. The van der Waals surface area contributed by atoms with Crippen molar-refractivity contribution in [3.8, 4) is 5.75 Å². The van der Waals surface area contributed by atoms with Crippen LogP contribution < -0.4 is 9.88 Å². The van der Waals surface area contributed by atoms with Crippen LogP contribution in [0.2, 0.25) is 0 Å². The van der Waals surface area contributed by atoms with Gasteiger partial charge in [0.15, 0.2) is 0 Å². The molecule has 0 spiro atoms. The van der Waals surface area contributed by atoms with E-state index in [-0.39, 0.29) is 31.2 Å². The molecule has 0 aliphatic heterocycles. The fourth-order valence-corrected chi connectivity index (χ4v) is 2.16. The first-order valence-corrected chi connectivity index (χ1v) is 7.74. The molecule has 0 aromatic heterocycles. The van der Waals surface area contributed by atoms with E-state index in [4.69, 9.17) is 15.0 Å². The molecule has 1 aromatic carbocycles. The average molecular weight is 324 g/mol. The Labute approximate surface area is 122 Å². The van der Waals surface area contributed by atoms with E-state index in [9.17, 15) is 17.2 Å². The van der Waals surface area contributed by atoms with E-state index < -0.39 is 23.0 Å². The van der Waals surface area contributed by atoms with Crippen LogP contribution in [0.4, 0.5) is 8.78 Å². The zero-order valence-electron chi connectivity index (χ0n) is 11.3. The number of aliphatic hydroxyl groups excluding tert-OH is 1. The van der Waals surface area contributed by atoms with Crippen molar-refractivity contribution >= 4 is 10.0 Å². The monoisotopic (exact) mass is 324 g/mol. The van der Waals surface area contributed by atoms with Gasteiger partial charge < -0.3 is 9.84 Å².